The summed E-state index contributed by atoms with van der Waals surface area (Å²) in [5.74, 6) is 3.00. The van der Waals surface area contributed by atoms with E-state index in [0.29, 0.717) is 5.92 Å². The van der Waals surface area contributed by atoms with E-state index in [1.807, 2.05) is 13.8 Å². The maximum Gasteiger partial charge on any atom is 0.330 e. The Labute approximate surface area is 136 Å². The van der Waals surface area contributed by atoms with Crippen molar-refractivity contribution < 1.29 is 9.53 Å². The molecule has 0 saturated heterocycles. The predicted molar refractivity (Wildman–Crippen MR) is 91.5 cm³/mol. The summed E-state index contributed by atoms with van der Waals surface area (Å²) in [5.41, 5.74) is -0.342. The molecule has 2 heteroatoms. The van der Waals surface area contributed by atoms with Crippen LogP contribution in [0, 0.1) is 23.7 Å². The molecule has 0 spiro atoms. The molecule has 3 aliphatic rings. The molecule has 22 heavy (non-hydrogen) atoms. The van der Waals surface area contributed by atoms with E-state index in [0.717, 1.165) is 17.8 Å². The average Bonchev–Trinajstić information content (AvgIpc) is 3.13. The summed E-state index contributed by atoms with van der Waals surface area (Å²) in [7, 11) is 0. The number of esters is 1. The van der Waals surface area contributed by atoms with Crippen molar-refractivity contribution in [3.63, 3.8) is 0 Å². The maximum atomic E-state index is 11.2. The van der Waals surface area contributed by atoms with Crippen molar-refractivity contribution in [1.82, 2.24) is 0 Å². The Kier molecular flexibility index (Phi) is 5.88. The fraction of sp³-hybridized carbons (Fsp3) is 0.750. The molecule has 2 nitrogen and oxygen atoms in total. The standard InChI is InChI=1S/C13H22O2.C7H10/c1-5-12(14)15-13(3,4)11-8-6-10(2)7-9-11;1-2-7-4-3-6(1)5-7/h5,10-11H,1,6-9H2,2-4H3;1-2,6-7H,3-5H2. The molecule has 0 radical (unpaired) electrons. The van der Waals surface area contributed by atoms with Crippen LogP contribution >= 0.6 is 0 Å². The average molecular weight is 304 g/mol. The van der Waals surface area contributed by atoms with Gasteiger partial charge < -0.3 is 4.74 Å². The van der Waals surface area contributed by atoms with E-state index >= 15 is 0 Å². The van der Waals surface area contributed by atoms with Gasteiger partial charge in [0.25, 0.3) is 0 Å². The number of hydrogen-bond acceptors (Lipinski definition) is 2. The molecular formula is C20H32O2. The quantitative estimate of drug-likeness (QED) is 0.402. The highest BCUT2D eigenvalue weighted by Crippen LogP contribution is 2.38. The van der Waals surface area contributed by atoms with E-state index in [1.54, 1.807) is 0 Å². The zero-order valence-corrected chi connectivity index (χ0v) is 14.5. The van der Waals surface area contributed by atoms with Crippen molar-refractivity contribution in [1.29, 1.82) is 0 Å². The zero-order valence-electron chi connectivity index (χ0n) is 14.5. The van der Waals surface area contributed by atoms with Gasteiger partial charge in [0, 0.05) is 6.08 Å². The fourth-order valence-corrected chi connectivity index (χ4v) is 4.06. The van der Waals surface area contributed by atoms with Crippen LogP contribution in [0.2, 0.25) is 0 Å². The molecule has 3 rings (SSSR count). The third kappa shape index (κ3) is 4.72. The minimum Gasteiger partial charge on any atom is -0.456 e. The van der Waals surface area contributed by atoms with Gasteiger partial charge >= 0.3 is 5.97 Å². The summed E-state index contributed by atoms with van der Waals surface area (Å²) in [4.78, 5) is 11.2. The third-order valence-corrected chi connectivity index (χ3v) is 5.70. The molecule has 0 aromatic rings. The monoisotopic (exact) mass is 304 g/mol. The number of carbonyl (C=O) groups is 1. The summed E-state index contributed by atoms with van der Waals surface area (Å²) >= 11 is 0. The van der Waals surface area contributed by atoms with E-state index < -0.39 is 0 Å². The molecule has 2 bridgehead atoms. The van der Waals surface area contributed by atoms with Crippen molar-refractivity contribution in [2.45, 2.75) is 71.3 Å². The smallest absolute Gasteiger partial charge is 0.330 e. The Morgan fingerprint density at radius 2 is 1.64 bits per heavy atom. The Hall–Kier alpha value is -1.05. The van der Waals surface area contributed by atoms with Gasteiger partial charge in [-0.3, -0.25) is 0 Å². The highest BCUT2D eigenvalue weighted by atomic mass is 16.6. The van der Waals surface area contributed by atoms with Crippen molar-refractivity contribution in [2.24, 2.45) is 23.7 Å². The van der Waals surface area contributed by atoms with Crippen LogP contribution in [-0.4, -0.2) is 11.6 Å². The lowest BCUT2D eigenvalue weighted by atomic mass is 9.75. The Morgan fingerprint density at radius 1 is 1.09 bits per heavy atom. The Morgan fingerprint density at radius 3 is 2.00 bits per heavy atom. The first-order valence-electron chi connectivity index (χ1n) is 8.94. The van der Waals surface area contributed by atoms with Crippen molar-refractivity contribution in [2.75, 3.05) is 0 Å². The summed E-state index contributed by atoms with van der Waals surface area (Å²) < 4.78 is 5.40. The van der Waals surface area contributed by atoms with Gasteiger partial charge in [0.15, 0.2) is 0 Å². The predicted octanol–water partition coefficient (Wildman–Crippen LogP) is 5.29. The molecule has 0 aromatic heterocycles. The molecule has 2 fully saturated rings. The second-order valence-electron chi connectivity index (χ2n) is 7.90. The number of fused-ring (bicyclic) bond motifs is 2. The minimum absolute atomic E-state index is 0.307. The first kappa shape index (κ1) is 17.3. The number of allylic oxidation sites excluding steroid dienone is 2. The summed E-state index contributed by atoms with van der Waals surface area (Å²) in [5, 5.41) is 0. The highest BCUT2D eigenvalue weighted by molar-refractivity contribution is 5.81. The van der Waals surface area contributed by atoms with Gasteiger partial charge in [-0.15, -0.1) is 0 Å². The highest BCUT2D eigenvalue weighted by Gasteiger charge is 2.34. The molecule has 0 heterocycles. The van der Waals surface area contributed by atoms with Gasteiger partial charge in [-0.1, -0.05) is 38.5 Å². The van der Waals surface area contributed by atoms with Crippen molar-refractivity contribution >= 4 is 5.97 Å². The molecule has 2 saturated carbocycles. The van der Waals surface area contributed by atoms with E-state index in [9.17, 15) is 4.79 Å². The molecule has 3 aliphatic carbocycles. The summed E-state index contributed by atoms with van der Waals surface area (Å²) in [6.07, 6.45) is 15.3. The first-order chi connectivity index (χ1) is 10.4. The molecule has 0 aromatic carbocycles. The molecular weight excluding hydrogens is 272 g/mol. The number of carbonyl (C=O) groups excluding carboxylic acids is 1. The van der Waals surface area contributed by atoms with Gasteiger partial charge in [0.05, 0.1) is 0 Å². The van der Waals surface area contributed by atoms with Crippen LogP contribution in [0.1, 0.15) is 65.7 Å². The third-order valence-electron chi connectivity index (χ3n) is 5.70. The van der Waals surface area contributed by atoms with Gasteiger partial charge in [0.2, 0.25) is 0 Å². The number of rotatable bonds is 3. The summed E-state index contributed by atoms with van der Waals surface area (Å²) in [6, 6.07) is 0. The fourth-order valence-electron chi connectivity index (χ4n) is 4.06. The van der Waals surface area contributed by atoms with Crippen molar-refractivity contribution in [3.05, 3.63) is 24.8 Å². The van der Waals surface area contributed by atoms with Crippen LogP contribution < -0.4 is 0 Å². The maximum absolute atomic E-state index is 11.2. The lowest BCUT2D eigenvalue weighted by Crippen LogP contribution is -2.38. The minimum atomic E-state index is -0.342. The van der Waals surface area contributed by atoms with E-state index in [1.165, 1.54) is 51.0 Å². The van der Waals surface area contributed by atoms with E-state index in [4.69, 9.17) is 4.74 Å². The topological polar surface area (TPSA) is 26.3 Å². The molecule has 2 atom stereocenters. The van der Waals surface area contributed by atoms with Gasteiger partial charge in [-0.2, -0.15) is 0 Å². The second kappa shape index (κ2) is 7.48. The van der Waals surface area contributed by atoms with Gasteiger partial charge in [-0.25, -0.2) is 4.79 Å². The summed E-state index contributed by atoms with van der Waals surface area (Å²) in [6.45, 7) is 9.74. The lowest BCUT2D eigenvalue weighted by Gasteiger charge is -2.37. The molecule has 0 amide bonds. The molecule has 2 unspecified atom stereocenters. The van der Waals surface area contributed by atoms with Crippen molar-refractivity contribution in [3.8, 4) is 0 Å². The first-order valence-corrected chi connectivity index (χ1v) is 8.94. The SMILES string of the molecule is C1=CC2CCC1C2.C=CC(=O)OC(C)(C)C1CCC(C)CC1. The van der Waals surface area contributed by atoms with Crippen LogP contribution in [0.15, 0.2) is 24.8 Å². The second-order valence-corrected chi connectivity index (χ2v) is 7.90. The number of ether oxygens (including phenoxy) is 1. The van der Waals surface area contributed by atoms with E-state index in [2.05, 4.69) is 25.7 Å². The zero-order chi connectivity index (χ0) is 16.2. The molecule has 0 aliphatic heterocycles. The van der Waals surface area contributed by atoms with Crippen LogP contribution in [0.5, 0.6) is 0 Å². The largest absolute Gasteiger partial charge is 0.456 e. The lowest BCUT2D eigenvalue weighted by molar-refractivity contribution is -0.156. The Balaban J connectivity index is 0.000000205. The molecule has 0 N–H and O–H groups in total. The van der Waals surface area contributed by atoms with Gasteiger partial charge in [-0.05, 0) is 69.6 Å². The Bertz CT molecular complexity index is 401. The van der Waals surface area contributed by atoms with Crippen LogP contribution in [0.3, 0.4) is 0 Å². The van der Waals surface area contributed by atoms with Crippen LogP contribution in [0.4, 0.5) is 0 Å². The number of hydrogen-bond donors (Lipinski definition) is 0. The normalized spacial score (nSPS) is 33.0. The van der Waals surface area contributed by atoms with E-state index in [-0.39, 0.29) is 11.6 Å². The molecule has 124 valence electrons. The van der Waals surface area contributed by atoms with Gasteiger partial charge in [0.1, 0.15) is 5.60 Å². The van der Waals surface area contributed by atoms with Crippen LogP contribution in [0.25, 0.3) is 0 Å². The van der Waals surface area contributed by atoms with Crippen LogP contribution in [-0.2, 0) is 9.53 Å².